The molecule has 0 aliphatic carbocycles. The second-order valence-electron chi connectivity index (χ2n) is 5.18. The fraction of sp³-hybridized carbons (Fsp3) is 0.647. The van der Waals surface area contributed by atoms with E-state index in [-0.39, 0.29) is 0 Å². The summed E-state index contributed by atoms with van der Waals surface area (Å²) in [5, 5.41) is 3.54. The Bertz CT molecular complexity index is 421. The summed E-state index contributed by atoms with van der Waals surface area (Å²) >= 11 is 0. The Morgan fingerprint density at radius 1 is 1.05 bits per heavy atom. The molecule has 21 heavy (non-hydrogen) atoms. The van der Waals surface area contributed by atoms with Crippen LogP contribution in [0.4, 0.5) is 0 Å². The van der Waals surface area contributed by atoms with E-state index in [9.17, 15) is 0 Å². The van der Waals surface area contributed by atoms with Crippen molar-refractivity contribution in [3.05, 3.63) is 28.8 Å². The zero-order valence-corrected chi connectivity index (χ0v) is 14.0. The van der Waals surface area contributed by atoms with Gasteiger partial charge in [-0.2, -0.15) is 0 Å². The number of benzene rings is 1. The van der Waals surface area contributed by atoms with Gasteiger partial charge in [0.2, 0.25) is 0 Å². The number of hydrogen-bond donors (Lipinski definition) is 1. The van der Waals surface area contributed by atoms with Gasteiger partial charge < -0.3 is 19.5 Å². The minimum Gasteiger partial charge on any atom is -0.496 e. The molecule has 0 bridgehead atoms. The quantitative estimate of drug-likeness (QED) is 0.674. The molecule has 1 atom stereocenters. The maximum atomic E-state index is 5.60. The third kappa shape index (κ3) is 5.65. The van der Waals surface area contributed by atoms with Crippen molar-refractivity contribution < 1.29 is 14.2 Å². The van der Waals surface area contributed by atoms with Gasteiger partial charge >= 0.3 is 0 Å². The van der Waals surface area contributed by atoms with E-state index < -0.39 is 0 Å². The van der Waals surface area contributed by atoms with E-state index in [4.69, 9.17) is 14.2 Å². The summed E-state index contributed by atoms with van der Waals surface area (Å²) in [6.45, 7) is 9.30. The van der Waals surface area contributed by atoms with Gasteiger partial charge in [-0.05, 0) is 49.6 Å². The normalized spacial score (nSPS) is 12.4. The van der Waals surface area contributed by atoms with Gasteiger partial charge in [0.15, 0.2) is 0 Å². The molecule has 0 aliphatic heterocycles. The minimum absolute atomic E-state index is 0.308. The molecule has 0 amide bonds. The Morgan fingerprint density at radius 2 is 1.81 bits per heavy atom. The Balaban J connectivity index is 2.73. The molecule has 0 fully saturated rings. The van der Waals surface area contributed by atoms with Crippen LogP contribution in [0.3, 0.4) is 0 Å². The zero-order valence-electron chi connectivity index (χ0n) is 14.0. The number of aryl methyl sites for hydroxylation is 2. The highest BCUT2D eigenvalue weighted by Gasteiger charge is 2.15. The molecule has 1 N–H and O–H groups in total. The highest BCUT2D eigenvalue weighted by atomic mass is 16.5. The first kappa shape index (κ1) is 18.0. The fourth-order valence-corrected chi connectivity index (χ4v) is 2.47. The highest BCUT2D eigenvalue weighted by molar-refractivity contribution is 5.42. The third-order valence-electron chi connectivity index (χ3n) is 3.59. The SMILES string of the molecule is CCNC(CCOCCOC)c1cc(C)c(OC)cc1C. The van der Waals surface area contributed by atoms with Gasteiger partial charge in [-0.3, -0.25) is 0 Å². The first-order valence-corrected chi connectivity index (χ1v) is 7.59. The average Bonchev–Trinajstić information content (AvgIpc) is 2.48. The molecule has 0 saturated heterocycles. The largest absolute Gasteiger partial charge is 0.496 e. The number of nitrogens with one attached hydrogen (secondary N) is 1. The predicted molar refractivity (Wildman–Crippen MR) is 86.2 cm³/mol. The lowest BCUT2D eigenvalue weighted by Crippen LogP contribution is -2.23. The molecule has 1 unspecified atom stereocenters. The minimum atomic E-state index is 0.308. The Hall–Kier alpha value is -1.10. The van der Waals surface area contributed by atoms with Gasteiger partial charge in [0.05, 0.1) is 20.3 Å². The summed E-state index contributed by atoms with van der Waals surface area (Å²) in [7, 11) is 3.40. The van der Waals surface area contributed by atoms with E-state index in [0.29, 0.717) is 19.3 Å². The molecule has 0 spiro atoms. The summed E-state index contributed by atoms with van der Waals surface area (Å²) in [6, 6.07) is 4.64. The van der Waals surface area contributed by atoms with E-state index in [0.717, 1.165) is 25.3 Å². The molecule has 4 nitrogen and oxygen atoms in total. The first-order valence-electron chi connectivity index (χ1n) is 7.59. The van der Waals surface area contributed by atoms with Crippen LogP contribution in [-0.4, -0.2) is 40.6 Å². The number of hydrogen-bond acceptors (Lipinski definition) is 4. The molecule has 0 heterocycles. The molecule has 4 heteroatoms. The van der Waals surface area contributed by atoms with Gasteiger partial charge in [-0.25, -0.2) is 0 Å². The predicted octanol–water partition coefficient (Wildman–Crippen LogP) is 3.02. The summed E-state index contributed by atoms with van der Waals surface area (Å²) in [5.74, 6) is 0.947. The number of ether oxygens (including phenoxy) is 3. The number of methoxy groups -OCH3 is 2. The van der Waals surface area contributed by atoms with Crippen molar-refractivity contribution in [2.24, 2.45) is 0 Å². The number of rotatable bonds is 10. The van der Waals surface area contributed by atoms with Gasteiger partial charge in [-0.15, -0.1) is 0 Å². The highest BCUT2D eigenvalue weighted by Crippen LogP contribution is 2.28. The van der Waals surface area contributed by atoms with Crippen LogP contribution < -0.4 is 10.1 Å². The molecule has 1 rings (SSSR count). The second-order valence-corrected chi connectivity index (χ2v) is 5.18. The zero-order chi connectivity index (χ0) is 15.7. The van der Waals surface area contributed by atoms with Crippen LogP contribution in [0, 0.1) is 13.8 Å². The van der Waals surface area contributed by atoms with Crippen molar-refractivity contribution in [2.45, 2.75) is 33.2 Å². The summed E-state index contributed by atoms with van der Waals surface area (Å²) in [5.41, 5.74) is 3.74. The standard InChI is InChI=1S/C17H29NO3/c1-6-18-16(7-8-21-10-9-19-4)15-11-14(3)17(20-5)12-13(15)2/h11-12,16,18H,6-10H2,1-5H3. The Kier molecular flexibility index (Phi) is 8.35. The smallest absolute Gasteiger partial charge is 0.122 e. The van der Waals surface area contributed by atoms with E-state index in [1.165, 1.54) is 16.7 Å². The average molecular weight is 295 g/mol. The molecule has 0 aliphatic rings. The van der Waals surface area contributed by atoms with Crippen molar-refractivity contribution in [2.75, 3.05) is 40.6 Å². The van der Waals surface area contributed by atoms with Crippen molar-refractivity contribution in [3.8, 4) is 5.75 Å². The molecular formula is C17H29NO3. The van der Waals surface area contributed by atoms with Crippen molar-refractivity contribution in [3.63, 3.8) is 0 Å². The molecule has 120 valence electrons. The van der Waals surface area contributed by atoms with Crippen LogP contribution in [-0.2, 0) is 9.47 Å². The van der Waals surface area contributed by atoms with Crippen molar-refractivity contribution in [1.82, 2.24) is 5.32 Å². The van der Waals surface area contributed by atoms with Crippen LogP contribution in [0.1, 0.15) is 36.1 Å². The third-order valence-corrected chi connectivity index (χ3v) is 3.59. The summed E-state index contributed by atoms with van der Waals surface area (Å²) < 4.78 is 16.0. The lowest BCUT2D eigenvalue weighted by molar-refractivity contribution is 0.0658. The fourth-order valence-electron chi connectivity index (χ4n) is 2.47. The molecular weight excluding hydrogens is 266 g/mol. The lowest BCUT2D eigenvalue weighted by atomic mass is 9.96. The van der Waals surface area contributed by atoms with Gasteiger partial charge in [0, 0.05) is 19.8 Å². The summed E-state index contributed by atoms with van der Waals surface area (Å²) in [6.07, 6.45) is 0.949. The van der Waals surface area contributed by atoms with E-state index in [2.05, 4.69) is 38.2 Å². The first-order chi connectivity index (χ1) is 10.1. The van der Waals surface area contributed by atoms with Crippen LogP contribution >= 0.6 is 0 Å². The van der Waals surface area contributed by atoms with Gasteiger partial charge in [0.25, 0.3) is 0 Å². The lowest BCUT2D eigenvalue weighted by Gasteiger charge is -2.22. The van der Waals surface area contributed by atoms with Crippen LogP contribution in [0.5, 0.6) is 5.75 Å². The Labute approximate surface area is 128 Å². The molecule has 0 aromatic heterocycles. The molecule has 0 radical (unpaired) electrons. The monoisotopic (exact) mass is 295 g/mol. The topological polar surface area (TPSA) is 39.7 Å². The molecule has 1 aromatic carbocycles. The van der Waals surface area contributed by atoms with Gasteiger partial charge in [0.1, 0.15) is 5.75 Å². The van der Waals surface area contributed by atoms with Crippen molar-refractivity contribution in [1.29, 1.82) is 0 Å². The molecule has 0 saturated carbocycles. The van der Waals surface area contributed by atoms with E-state index in [1.807, 2.05) is 0 Å². The van der Waals surface area contributed by atoms with E-state index in [1.54, 1.807) is 14.2 Å². The second kappa shape index (κ2) is 9.77. The van der Waals surface area contributed by atoms with Gasteiger partial charge in [-0.1, -0.05) is 13.0 Å². The van der Waals surface area contributed by atoms with Crippen molar-refractivity contribution >= 4 is 0 Å². The maximum Gasteiger partial charge on any atom is 0.122 e. The Morgan fingerprint density at radius 3 is 2.43 bits per heavy atom. The summed E-state index contributed by atoms with van der Waals surface area (Å²) in [4.78, 5) is 0. The van der Waals surface area contributed by atoms with Crippen LogP contribution in [0.15, 0.2) is 12.1 Å². The molecule has 1 aromatic rings. The van der Waals surface area contributed by atoms with E-state index >= 15 is 0 Å². The van der Waals surface area contributed by atoms with Crippen LogP contribution in [0.25, 0.3) is 0 Å². The maximum absolute atomic E-state index is 5.60. The van der Waals surface area contributed by atoms with Crippen LogP contribution in [0.2, 0.25) is 0 Å².